The van der Waals surface area contributed by atoms with Crippen molar-refractivity contribution in [2.45, 2.75) is 92.1 Å². The van der Waals surface area contributed by atoms with Gasteiger partial charge >= 0.3 is 0 Å². The average molecular weight is 309 g/mol. The third kappa shape index (κ3) is 3.42. The highest BCUT2D eigenvalue weighted by molar-refractivity contribution is 5.83. The third-order valence-electron chi connectivity index (χ3n) is 7.15. The lowest BCUT2D eigenvalue weighted by molar-refractivity contribution is -0.130. The van der Waals surface area contributed by atoms with Crippen LogP contribution >= 0.6 is 0 Å². The molecule has 1 N–H and O–H groups in total. The van der Waals surface area contributed by atoms with E-state index in [1.54, 1.807) is 0 Å². The van der Waals surface area contributed by atoms with E-state index in [0.29, 0.717) is 23.5 Å². The number of carbonyl (C=O) groups is 1. The molecule has 0 radical (unpaired) electrons. The number of carbonyl (C=O) groups excluding carboxylic acids is 1. The van der Waals surface area contributed by atoms with Gasteiger partial charge in [0, 0.05) is 12.3 Å². The molecular formula is C20H36O2. The summed E-state index contributed by atoms with van der Waals surface area (Å²) in [4.78, 5) is 12.3. The summed E-state index contributed by atoms with van der Waals surface area (Å²) in [7, 11) is 0. The standard InChI is InChI=1S/C20H36O2/c1-14(18(2,3)12-13-19(4,5)22)15-9-10-16-17(21)8-7-11-20(15,16)6/h14-16,22H,7-13H2,1-6H3. The lowest BCUT2D eigenvalue weighted by Crippen LogP contribution is -2.42. The Hall–Kier alpha value is -0.370. The molecule has 0 bridgehead atoms. The molecule has 0 heterocycles. The molecule has 0 aromatic rings. The fourth-order valence-electron chi connectivity index (χ4n) is 5.19. The van der Waals surface area contributed by atoms with Crippen molar-refractivity contribution in [3.63, 3.8) is 0 Å². The first-order valence-corrected chi connectivity index (χ1v) is 9.22. The molecule has 2 rings (SSSR count). The highest BCUT2D eigenvalue weighted by Crippen LogP contribution is 2.59. The minimum Gasteiger partial charge on any atom is -0.390 e. The van der Waals surface area contributed by atoms with E-state index in [1.807, 2.05) is 13.8 Å². The van der Waals surface area contributed by atoms with Gasteiger partial charge in [0.25, 0.3) is 0 Å². The van der Waals surface area contributed by atoms with Crippen LogP contribution in [-0.2, 0) is 4.79 Å². The summed E-state index contributed by atoms with van der Waals surface area (Å²) in [6.07, 6.45) is 7.31. The van der Waals surface area contributed by atoms with Gasteiger partial charge in [0.15, 0.2) is 0 Å². The molecule has 2 aliphatic carbocycles. The van der Waals surface area contributed by atoms with Gasteiger partial charge in [-0.3, -0.25) is 4.79 Å². The fourth-order valence-corrected chi connectivity index (χ4v) is 5.19. The van der Waals surface area contributed by atoms with E-state index in [-0.39, 0.29) is 10.8 Å². The highest BCUT2D eigenvalue weighted by Gasteiger charge is 2.54. The second kappa shape index (κ2) is 5.92. The Morgan fingerprint density at radius 1 is 1.23 bits per heavy atom. The van der Waals surface area contributed by atoms with Crippen LogP contribution in [-0.4, -0.2) is 16.5 Å². The van der Waals surface area contributed by atoms with Crippen molar-refractivity contribution in [1.82, 2.24) is 0 Å². The number of Topliss-reactive ketones (excluding diaryl/α,β-unsaturated/α-hetero) is 1. The van der Waals surface area contributed by atoms with Crippen molar-refractivity contribution < 1.29 is 9.90 Å². The molecule has 2 aliphatic rings. The molecule has 0 saturated heterocycles. The van der Waals surface area contributed by atoms with Gasteiger partial charge in [-0.25, -0.2) is 0 Å². The minimum absolute atomic E-state index is 0.211. The maximum absolute atomic E-state index is 12.3. The predicted molar refractivity (Wildman–Crippen MR) is 91.7 cm³/mol. The van der Waals surface area contributed by atoms with Crippen molar-refractivity contribution in [3.05, 3.63) is 0 Å². The first-order chi connectivity index (χ1) is 9.97. The number of rotatable bonds is 5. The van der Waals surface area contributed by atoms with E-state index in [4.69, 9.17) is 0 Å². The number of fused-ring (bicyclic) bond motifs is 1. The molecule has 0 amide bonds. The largest absolute Gasteiger partial charge is 0.390 e. The van der Waals surface area contributed by atoms with Gasteiger partial charge in [0.05, 0.1) is 5.60 Å². The van der Waals surface area contributed by atoms with E-state index < -0.39 is 5.60 Å². The topological polar surface area (TPSA) is 37.3 Å². The fraction of sp³-hybridized carbons (Fsp3) is 0.950. The van der Waals surface area contributed by atoms with Crippen LogP contribution in [0.1, 0.15) is 86.5 Å². The summed E-state index contributed by atoms with van der Waals surface area (Å²) in [5.74, 6) is 2.09. The maximum atomic E-state index is 12.3. The zero-order chi connectivity index (χ0) is 16.8. The monoisotopic (exact) mass is 308 g/mol. The first-order valence-electron chi connectivity index (χ1n) is 9.22. The third-order valence-corrected chi connectivity index (χ3v) is 7.15. The van der Waals surface area contributed by atoms with Gasteiger partial charge in [-0.2, -0.15) is 0 Å². The molecule has 2 nitrogen and oxygen atoms in total. The molecule has 0 aromatic carbocycles. The van der Waals surface area contributed by atoms with Crippen LogP contribution in [0.2, 0.25) is 0 Å². The lowest BCUT2D eigenvalue weighted by Gasteiger charge is -2.47. The van der Waals surface area contributed by atoms with Gasteiger partial charge < -0.3 is 5.11 Å². The van der Waals surface area contributed by atoms with Gasteiger partial charge in [-0.15, -0.1) is 0 Å². The molecule has 2 saturated carbocycles. The number of aliphatic hydroxyl groups is 1. The number of ketones is 1. The zero-order valence-electron chi connectivity index (χ0n) is 15.5. The van der Waals surface area contributed by atoms with Crippen LogP contribution in [0.5, 0.6) is 0 Å². The van der Waals surface area contributed by atoms with Crippen molar-refractivity contribution in [2.24, 2.45) is 28.6 Å². The van der Waals surface area contributed by atoms with Crippen molar-refractivity contribution in [3.8, 4) is 0 Å². The van der Waals surface area contributed by atoms with Crippen LogP contribution in [0, 0.1) is 28.6 Å². The Balaban J connectivity index is 2.11. The second-order valence-electron chi connectivity index (χ2n) is 9.65. The minimum atomic E-state index is -0.583. The summed E-state index contributed by atoms with van der Waals surface area (Å²) in [5, 5.41) is 10.1. The van der Waals surface area contributed by atoms with Crippen LogP contribution in [0.15, 0.2) is 0 Å². The first kappa shape index (κ1) is 18.0. The highest BCUT2D eigenvalue weighted by atomic mass is 16.3. The summed E-state index contributed by atoms with van der Waals surface area (Å²) >= 11 is 0. The van der Waals surface area contributed by atoms with Crippen LogP contribution in [0.4, 0.5) is 0 Å². The van der Waals surface area contributed by atoms with E-state index in [9.17, 15) is 9.90 Å². The quantitative estimate of drug-likeness (QED) is 0.777. The Labute approximate surface area is 137 Å². The number of hydrogen-bond donors (Lipinski definition) is 1. The molecule has 22 heavy (non-hydrogen) atoms. The molecule has 2 fully saturated rings. The molecule has 128 valence electrons. The smallest absolute Gasteiger partial charge is 0.136 e. The average Bonchev–Trinajstić information content (AvgIpc) is 2.73. The summed E-state index contributed by atoms with van der Waals surface area (Å²) in [5.41, 5.74) is -0.149. The van der Waals surface area contributed by atoms with Crippen LogP contribution in [0.25, 0.3) is 0 Å². The molecule has 4 unspecified atom stereocenters. The van der Waals surface area contributed by atoms with Gasteiger partial charge in [0.2, 0.25) is 0 Å². The molecule has 2 heteroatoms. The Bertz CT molecular complexity index is 418. The van der Waals surface area contributed by atoms with E-state index in [2.05, 4.69) is 27.7 Å². The summed E-state index contributed by atoms with van der Waals surface area (Å²) in [6.45, 7) is 13.3. The SMILES string of the molecule is CC(C1CCC2C(=O)CCCC21C)C(C)(C)CCC(C)(C)O. The van der Waals surface area contributed by atoms with Gasteiger partial charge in [0.1, 0.15) is 5.78 Å². The molecule has 0 spiro atoms. The normalized spacial score (nSPS) is 34.6. The Morgan fingerprint density at radius 2 is 1.86 bits per heavy atom. The molecular weight excluding hydrogens is 272 g/mol. The van der Waals surface area contributed by atoms with Crippen molar-refractivity contribution in [2.75, 3.05) is 0 Å². The number of hydrogen-bond acceptors (Lipinski definition) is 2. The van der Waals surface area contributed by atoms with E-state index in [0.717, 1.165) is 32.1 Å². The maximum Gasteiger partial charge on any atom is 0.136 e. The summed E-state index contributed by atoms with van der Waals surface area (Å²) < 4.78 is 0. The lowest BCUT2D eigenvalue weighted by atomic mass is 9.57. The van der Waals surface area contributed by atoms with Crippen molar-refractivity contribution in [1.29, 1.82) is 0 Å². The van der Waals surface area contributed by atoms with E-state index in [1.165, 1.54) is 12.8 Å². The van der Waals surface area contributed by atoms with Gasteiger partial charge in [-0.1, -0.05) is 27.7 Å². The predicted octanol–water partition coefficient (Wildman–Crippen LogP) is 4.99. The summed E-state index contributed by atoms with van der Waals surface area (Å²) in [6, 6.07) is 0. The Kier molecular flexibility index (Phi) is 4.84. The van der Waals surface area contributed by atoms with Crippen LogP contribution in [0.3, 0.4) is 0 Å². The van der Waals surface area contributed by atoms with Crippen LogP contribution < -0.4 is 0 Å². The van der Waals surface area contributed by atoms with Gasteiger partial charge in [-0.05, 0) is 75.0 Å². The second-order valence-corrected chi connectivity index (χ2v) is 9.65. The van der Waals surface area contributed by atoms with Crippen molar-refractivity contribution >= 4 is 5.78 Å². The molecule has 0 aromatic heterocycles. The Morgan fingerprint density at radius 3 is 2.45 bits per heavy atom. The molecule has 0 aliphatic heterocycles. The molecule has 4 atom stereocenters. The van der Waals surface area contributed by atoms with E-state index >= 15 is 0 Å². The zero-order valence-corrected chi connectivity index (χ0v) is 15.5.